The molecular weight excluding hydrogens is 346 g/mol. The molecule has 2 aliphatic carbocycles. The highest BCUT2D eigenvalue weighted by Crippen LogP contribution is 2.50. The fourth-order valence-electron chi connectivity index (χ4n) is 5.12. The number of ketones is 1. The van der Waals surface area contributed by atoms with Gasteiger partial charge >= 0.3 is 0 Å². The van der Waals surface area contributed by atoms with Crippen molar-refractivity contribution in [3.63, 3.8) is 0 Å². The molecule has 0 saturated carbocycles. The van der Waals surface area contributed by atoms with Crippen LogP contribution in [0.3, 0.4) is 0 Å². The number of nitriles is 1. The molecule has 1 aromatic carbocycles. The number of carbonyl (C=O) groups is 1. The third kappa shape index (κ3) is 2.57. The summed E-state index contributed by atoms with van der Waals surface area (Å²) in [5, 5.41) is 9.48. The number of fused-ring (bicyclic) bond motifs is 3. The number of aromatic nitrogens is 2. The first-order chi connectivity index (χ1) is 13.3. The number of benzene rings is 1. The third-order valence-corrected chi connectivity index (χ3v) is 6.87. The monoisotopic (exact) mass is 373 g/mol. The SMILES string of the molecule is CC(C)c1ccc(-c2nc3c(n2C)CC[C@@H]2[C@@H](C)C(=O)C(C#N)=C[C@@]32C)cc1. The van der Waals surface area contributed by atoms with Crippen LogP contribution in [0.4, 0.5) is 0 Å². The van der Waals surface area contributed by atoms with Gasteiger partial charge in [0.2, 0.25) is 0 Å². The minimum absolute atomic E-state index is 0.0196. The summed E-state index contributed by atoms with van der Waals surface area (Å²) in [6.07, 6.45) is 3.74. The first kappa shape index (κ1) is 18.7. The van der Waals surface area contributed by atoms with Gasteiger partial charge in [0.05, 0.1) is 11.3 Å². The molecule has 0 radical (unpaired) electrons. The van der Waals surface area contributed by atoms with Crippen molar-refractivity contribution in [2.45, 2.75) is 51.9 Å². The summed E-state index contributed by atoms with van der Waals surface area (Å²) < 4.78 is 2.20. The van der Waals surface area contributed by atoms with Gasteiger partial charge in [0, 0.05) is 29.6 Å². The van der Waals surface area contributed by atoms with Crippen LogP contribution < -0.4 is 0 Å². The lowest BCUT2D eigenvalue weighted by Gasteiger charge is -2.44. The van der Waals surface area contributed by atoms with E-state index in [0.29, 0.717) is 5.92 Å². The van der Waals surface area contributed by atoms with Crippen molar-refractivity contribution in [3.05, 3.63) is 52.9 Å². The summed E-state index contributed by atoms with van der Waals surface area (Å²) in [4.78, 5) is 17.6. The van der Waals surface area contributed by atoms with Crippen LogP contribution in [0.25, 0.3) is 11.4 Å². The summed E-state index contributed by atoms with van der Waals surface area (Å²) in [5.41, 5.74) is 4.58. The summed E-state index contributed by atoms with van der Waals surface area (Å²) in [7, 11) is 2.08. The molecule has 3 atom stereocenters. The van der Waals surface area contributed by atoms with Crippen LogP contribution in [0.1, 0.15) is 57.0 Å². The Morgan fingerprint density at radius 2 is 1.96 bits per heavy atom. The van der Waals surface area contributed by atoms with Gasteiger partial charge in [-0.1, -0.05) is 58.0 Å². The average Bonchev–Trinajstić information content (AvgIpc) is 3.03. The van der Waals surface area contributed by atoms with Crippen LogP contribution >= 0.6 is 0 Å². The number of imidazole rings is 1. The summed E-state index contributed by atoms with van der Waals surface area (Å²) in [6.45, 7) is 8.50. The lowest BCUT2D eigenvalue weighted by atomic mass is 9.58. The second-order valence-corrected chi connectivity index (χ2v) is 8.82. The molecule has 2 aliphatic rings. The zero-order valence-corrected chi connectivity index (χ0v) is 17.3. The Kier molecular flexibility index (Phi) is 4.30. The molecule has 0 amide bonds. The maximum absolute atomic E-state index is 12.5. The lowest BCUT2D eigenvalue weighted by Crippen LogP contribution is -2.45. The van der Waals surface area contributed by atoms with Gasteiger partial charge in [-0.2, -0.15) is 5.26 Å². The van der Waals surface area contributed by atoms with E-state index >= 15 is 0 Å². The van der Waals surface area contributed by atoms with Gasteiger partial charge in [0.1, 0.15) is 11.9 Å². The van der Waals surface area contributed by atoms with Gasteiger partial charge in [-0.05, 0) is 30.2 Å². The summed E-state index contributed by atoms with van der Waals surface area (Å²) >= 11 is 0. The molecule has 0 fully saturated rings. The molecule has 4 rings (SSSR count). The molecule has 28 heavy (non-hydrogen) atoms. The van der Waals surface area contributed by atoms with Crippen LogP contribution in [0, 0.1) is 23.2 Å². The topological polar surface area (TPSA) is 58.7 Å². The Labute approximate surface area is 166 Å². The van der Waals surface area contributed by atoms with Crippen LogP contribution in [0.5, 0.6) is 0 Å². The van der Waals surface area contributed by atoms with Gasteiger partial charge in [-0.15, -0.1) is 0 Å². The number of carbonyl (C=O) groups excluding carboxylic acids is 1. The molecular formula is C24H27N3O. The highest BCUT2D eigenvalue weighted by molar-refractivity contribution is 6.02. The quantitative estimate of drug-likeness (QED) is 0.767. The first-order valence-electron chi connectivity index (χ1n) is 10.1. The van der Waals surface area contributed by atoms with E-state index in [0.717, 1.165) is 29.9 Å². The fraction of sp³-hybridized carbons (Fsp3) is 0.458. The van der Waals surface area contributed by atoms with E-state index in [1.807, 2.05) is 13.0 Å². The van der Waals surface area contributed by atoms with Crippen LogP contribution in [0.15, 0.2) is 35.9 Å². The molecule has 1 heterocycles. The van der Waals surface area contributed by atoms with Crippen molar-refractivity contribution in [2.24, 2.45) is 18.9 Å². The molecule has 1 aromatic heterocycles. The zero-order valence-electron chi connectivity index (χ0n) is 17.3. The van der Waals surface area contributed by atoms with E-state index < -0.39 is 0 Å². The van der Waals surface area contributed by atoms with E-state index in [1.54, 1.807) is 0 Å². The normalized spacial score (nSPS) is 26.5. The number of hydrogen-bond donors (Lipinski definition) is 0. The van der Waals surface area contributed by atoms with E-state index in [2.05, 4.69) is 62.7 Å². The Balaban J connectivity index is 1.85. The summed E-state index contributed by atoms with van der Waals surface area (Å²) in [6, 6.07) is 10.8. The van der Waals surface area contributed by atoms with Crippen molar-refractivity contribution in [1.82, 2.24) is 9.55 Å². The Morgan fingerprint density at radius 3 is 2.57 bits per heavy atom. The lowest BCUT2D eigenvalue weighted by molar-refractivity contribution is -0.121. The van der Waals surface area contributed by atoms with Crippen molar-refractivity contribution in [1.29, 1.82) is 5.26 Å². The largest absolute Gasteiger partial charge is 0.331 e. The van der Waals surface area contributed by atoms with Gasteiger partial charge in [-0.3, -0.25) is 4.79 Å². The summed E-state index contributed by atoms with van der Waals surface area (Å²) in [5.74, 6) is 1.48. The Hall–Kier alpha value is -2.67. The van der Waals surface area contributed by atoms with Gasteiger partial charge < -0.3 is 4.57 Å². The predicted molar refractivity (Wildman–Crippen MR) is 110 cm³/mol. The van der Waals surface area contributed by atoms with E-state index in [9.17, 15) is 10.1 Å². The number of allylic oxidation sites excluding steroid dienone is 2. The smallest absolute Gasteiger partial charge is 0.176 e. The van der Waals surface area contributed by atoms with Crippen molar-refractivity contribution >= 4 is 5.78 Å². The van der Waals surface area contributed by atoms with Gasteiger partial charge in [0.15, 0.2) is 5.78 Å². The van der Waals surface area contributed by atoms with Crippen molar-refractivity contribution < 1.29 is 4.79 Å². The van der Waals surface area contributed by atoms with Crippen molar-refractivity contribution in [2.75, 3.05) is 0 Å². The zero-order chi connectivity index (χ0) is 20.2. The first-order valence-corrected chi connectivity index (χ1v) is 10.1. The van der Waals surface area contributed by atoms with Crippen LogP contribution in [-0.4, -0.2) is 15.3 Å². The maximum atomic E-state index is 12.5. The maximum Gasteiger partial charge on any atom is 0.176 e. The molecule has 4 heteroatoms. The Bertz CT molecular complexity index is 1020. The molecule has 2 aromatic rings. The highest BCUT2D eigenvalue weighted by atomic mass is 16.1. The third-order valence-electron chi connectivity index (χ3n) is 6.87. The number of nitrogens with zero attached hydrogens (tertiary/aromatic N) is 3. The van der Waals surface area contributed by atoms with E-state index in [4.69, 9.17) is 4.98 Å². The van der Waals surface area contributed by atoms with Crippen molar-refractivity contribution in [3.8, 4) is 17.5 Å². The molecule has 0 N–H and O–H groups in total. The fourth-order valence-corrected chi connectivity index (χ4v) is 5.12. The van der Waals surface area contributed by atoms with Gasteiger partial charge in [-0.25, -0.2) is 4.98 Å². The van der Waals surface area contributed by atoms with E-state index in [-0.39, 0.29) is 28.6 Å². The number of rotatable bonds is 2. The molecule has 144 valence electrons. The molecule has 0 unspecified atom stereocenters. The van der Waals surface area contributed by atoms with E-state index in [1.165, 1.54) is 11.3 Å². The number of Topliss-reactive ketones (excluding diaryl/α,β-unsaturated/α-hetero) is 1. The Morgan fingerprint density at radius 1 is 1.29 bits per heavy atom. The molecule has 0 spiro atoms. The molecule has 0 aliphatic heterocycles. The highest BCUT2D eigenvalue weighted by Gasteiger charge is 2.50. The minimum atomic E-state index is -0.375. The second kappa shape index (κ2) is 6.44. The number of hydrogen-bond acceptors (Lipinski definition) is 3. The van der Waals surface area contributed by atoms with Gasteiger partial charge in [0.25, 0.3) is 0 Å². The predicted octanol–water partition coefficient (Wildman–Crippen LogP) is 4.70. The minimum Gasteiger partial charge on any atom is -0.331 e. The average molecular weight is 374 g/mol. The standard InChI is InChI=1S/C24H27N3O/c1-14(2)16-6-8-17(9-7-16)23-26-22-20(27(23)5)11-10-19-15(3)21(28)18(13-25)12-24(19,22)4/h6-9,12,14-15,19H,10-11H2,1-5H3/t15-,19-,24-/m1/s1. The van der Waals surface area contributed by atoms with Crippen LogP contribution in [-0.2, 0) is 23.7 Å². The molecule has 0 saturated heterocycles. The molecule has 0 bridgehead atoms. The second-order valence-electron chi connectivity index (χ2n) is 8.82. The van der Waals surface area contributed by atoms with Crippen LogP contribution in [0.2, 0.25) is 0 Å². The molecule has 4 nitrogen and oxygen atoms in total.